The highest BCUT2D eigenvalue weighted by Gasteiger charge is 2.00. The Morgan fingerprint density at radius 1 is 1.54 bits per heavy atom. The zero-order valence-corrected chi connectivity index (χ0v) is 8.02. The first-order valence-electron chi connectivity index (χ1n) is 4.30. The van der Waals surface area contributed by atoms with E-state index in [-0.39, 0.29) is 11.7 Å². The van der Waals surface area contributed by atoms with E-state index >= 15 is 0 Å². The van der Waals surface area contributed by atoms with E-state index in [4.69, 9.17) is 11.1 Å². The standard InChI is InChI=1S/C9H17N3O/c1-7(2)8(13)5-3-4-6-12-9(10)11/h1,3-6H2,2H3,(H4,10,11,12). The predicted octanol–water partition coefficient (Wildman–Crippen LogP) is 0.785. The molecular weight excluding hydrogens is 166 g/mol. The lowest BCUT2D eigenvalue weighted by molar-refractivity contribution is -0.115. The van der Waals surface area contributed by atoms with E-state index in [0.29, 0.717) is 18.5 Å². The molecule has 0 aliphatic carbocycles. The van der Waals surface area contributed by atoms with Crippen LogP contribution >= 0.6 is 0 Å². The molecule has 0 radical (unpaired) electrons. The van der Waals surface area contributed by atoms with Gasteiger partial charge in [0.05, 0.1) is 0 Å². The molecule has 0 aliphatic rings. The summed E-state index contributed by atoms with van der Waals surface area (Å²) in [6.07, 6.45) is 2.19. The van der Waals surface area contributed by atoms with E-state index in [2.05, 4.69) is 11.9 Å². The number of hydrogen-bond acceptors (Lipinski definition) is 2. The van der Waals surface area contributed by atoms with Gasteiger partial charge in [0.15, 0.2) is 11.7 Å². The number of carbonyl (C=O) groups excluding carboxylic acids is 1. The molecule has 0 aliphatic heterocycles. The SMILES string of the molecule is C=C(C)C(=O)CCCCNC(=N)N. The van der Waals surface area contributed by atoms with Crippen LogP contribution in [-0.2, 0) is 4.79 Å². The number of ketones is 1. The Morgan fingerprint density at radius 2 is 2.15 bits per heavy atom. The topological polar surface area (TPSA) is 79.0 Å². The molecule has 4 nitrogen and oxygen atoms in total. The molecule has 0 aromatic carbocycles. The van der Waals surface area contributed by atoms with Gasteiger partial charge in [-0.25, -0.2) is 0 Å². The lowest BCUT2D eigenvalue weighted by atomic mass is 10.1. The summed E-state index contributed by atoms with van der Waals surface area (Å²) in [5, 5.41) is 9.54. The van der Waals surface area contributed by atoms with Crippen LogP contribution in [0.2, 0.25) is 0 Å². The highest BCUT2D eigenvalue weighted by atomic mass is 16.1. The van der Waals surface area contributed by atoms with Crippen LogP contribution < -0.4 is 11.1 Å². The fourth-order valence-corrected chi connectivity index (χ4v) is 0.847. The predicted molar refractivity (Wildman–Crippen MR) is 53.6 cm³/mol. The monoisotopic (exact) mass is 183 g/mol. The molecule has 74 valence electrons. The van der Waals surface area contributed by atoms with Gasteiger partial charge in [-0.15, -0.1) is 0 Å². The Morgan fingerprint density at radius 3 is 2.62 bits per heavy atom. The lowest BCUT2D eigenvalue weighted by Gasteiger charge is -2.02. The number of rotatable bonds is 6. The summed E-state index contributed by atoms with van der Waals surface area (Å²) < 4.78 is 0. The Kier molecular flexibility index (Phi) is 5.59. The summed E-state index contributed by atoms with van der Waals surface area (Å²) in [7, 11) is 0. The second-order valence-electron chi connectivity index (χ2n) is 3.00. The van der Waals surface area contributed by atoms with Crippen LogP contribution in [0.5, 0.6) is 0 Å². The largest absolute Gasteiger partial charge is 0.370 e. The van der Waals surface area contributed by atoms with Crippen molar-refractivity contribution < 1.29 is 4.79 Å². The fourth-order valence-electron chi connectivity index (χ4n) is 0.847. The molecule has 0 spiro atoms. The van der Waals surface area contributed by atoms with Gasteiger partial charge in [0.1, 0.15) is 0 Å². The Bertz CT molecular complexity index is 211. The van der Waals surface area contributed by atoms with Crippen molar-refractivity contribution in [1.82, 2.24) is 5.32 Å². The van der Waals surface area contributed by atoms with Gasteiger partial charge in [-0.2, -0.15) is 0 Å². The molecule has 0 rings (SSSR count). The van der Waals surface area contributed by atoms with Gasteiger partial charge in [-0.3, -0.25) is 10.2 Å². The van der Waals surface area contributed by atoms with Gasteiger partial charge >= 0.3 is 0 Å². The van der Waals surface area contributed by atoms with Crippen molar-refractivity contribution in [3.63, 3.8) is 0 Å². The van der Waals surface area contributed by atoms with Crippen LogP contribution in [0.25, 0.3) is 0 Å². The first kappa shape index (κ1) is 11.7. The zero-order chi connectivity index (χ0) is 10.3. The number of unbranched alkanes of at least 4 members (excludes halogenated alkanes) is 1. The third kappa shape index (κ3) is 7.05. The summed E-state index contributed by atoms with van der Waals surface area (Å²) in [5.74, 6) is 0.0917. The van der Waals surface area contributed by atoms with Gasteiger partial charge in [0, 0.05) is 13.0 Å². The van der Waals surface area contributed by atoms with E-state index in [0.717, 1.165) is 12.8 Å². The van der Waals surface area contributed by atoms with Crippen molar-refractivity contribution >= 4 is 11.7 Å². The molecule has 0 fully saturated rings. The smallest absolute Gasteiger partial charge is 0.185 e. The van der Waals surface area contributed by atoms with E-state index in [1.807, 2.05) is 0 Å². The van der Waals surface area contributed by atoms with E-state index in [1.54, 1.807) is 6.92 Å². The molecule has 4 N–H and O–H groups in total. The van der Waals surface area contributed by atoms with E-state index in [9.17, 15) is 4.79 Å². The molecule has 0 unspecified atom stereocenters. The minimum absolute atomic E-state index is 0.0220. The highest BCUT2D eigenvalue weighted by Crippen LogP contribution is 2.01. The molecule has 0 saturated heterocycles. The Hall–Kier alpha value is -1.32. The zero-order valence-electron chi connectivity index (χ0n) is 8.02. The van der Waals surface area contributed by atoms with Crippen LogP contribution in [0, 0.1) is 5.41 Å². The van der Waals surface area contributed by atoms with Crippen LogP contribution in [0.15, 0.2) is 12.2 Å². The Balaban J connectivity index is 3.31. The molecule has 0 aromatic heterocycles. The van der Waals surface area contributed by atoms with Crippen LogP contribution in [0.3, 0.4) is 0 Å². The molecule has 0 aromatic rings. The van der Waals surface area contributed by atoms with Gasteiger partial charge in [0.2, 0.25) is 0 Å². The van der Waals surface area contributed by atoms with Crippen molar-refractivity contribution in [1.29, 1.82) is 5.41 Å². The summed E-state index contributed by atoms with van der Waals surface area (Å²) >= 11 is 0. The van der Waals surface area contributed by atoms with Crippen LogP contribution in [0.1, 0.15) is 26.2 Å². The molecule has 0 heterocycles. The van der Waals surface area contributed by atoms with Gasteiger partial charge in [0.25, 0.3) is 0 Å². The number of allylic oxidation sites excluding steroid dienone is 1. The minimum Gasteiger partial charge on any atom is -0.370 e. The average Bonchev–Trinajstić information content (AvgIpc) is 2.02. The molecular formula is C9H17N3O. The number of nitrogens with one attached hydrogen (secondary N) is 2. The maximum Gasteiger partial charge on any atom is 0.185 e. The number of guanidine groups is 1. The minimum atomic E-state index is -0.0220. The first-order chi connectivity index (χ1) is 6.04. The lowest BCUT2D eigenvalue weighted by Crippen LogP contribution is -2.30. The summed E-state index contributed by atoms with van der Waals surface area (Å²) in [6.45, 7) is 5.93. The van der Waals surface area contributed by atoms with Crippen molar-refractivity contribution in [3.05, 3.63) is 12.2 Å². The van der Waals surface area contributed by atoms with Crippen molar-refractivity contribution in [2.75, 3.05) is 6.54 Å². The molecule has 4 heteroatoms. The van der Waals surface area contributed by atoms with Crippen molar-refractivity contribution in [2.45, 2.75) is 26.2 Å². The first-order valence-corrected chi connectivity index (χ1v) is 4.30. The maximum absolute atomic E-state index is 11.1. The summed E-state index contributed by atoms with van der Waals surface area (Å²) in [6, 6.07) is 0. The number of nitrogens with two attached hydrogens (primary N) is 1. The third-order valence-corrected chi connectivity index (χ3v) is 1.62. The molecule has 0 bridgehead atoms. The molecule has 0 atom stereocenters. The quantitative estimate of drug-likeness (QED) is 0.246. The summed E-state index contributed by atoms with van der Waals surface area (Å²) in [4.78, 5) is 11.1. The average molecular weight is 183 g/mol. The summed E-state index contributed by atoms with van der Waals surface area (Å²) in [5.41, 5.74) is 5.68. The fraction of sp³-hybridized carbons (Fsp3) is 0.556. The van der Waals surface area contributed by atoms with Crippen LogP contribution in [0.4, 0.5) is 0 Å². The number of carbonyl (C=O) groups is 1. The van der Waals surface area contributed by atoms with E-state index < -0.39 is 0 Å². The molecule has 0 amide bonds. The van der Waals surface area contributed by atoms with E-state index in [1.165, 1.54) is 0 Å². The van der Waals surface area contributed by atoms with Crippen LogP contribution in [-0.4, -0.2) is 18.3 Å². The third-order valence-electron chi connectivity index (χ3n) is 1.62. The van der Waals surface area contributed by atoms with Crippen molar-refractivity contribution in [2.24, 2.45) is 5.73 Å². The molecule has 13 heavy (non-hydrogen) atoms. The second-order valence-corrected chi connectivity index (χ2v) is 3.00. The van der Waals surface area contributed by atoms with Gasteiger partial charge in [-0.1, -0.05) is 6.58 Å². The second kappa shape index (κ2) is 6.22. The van der Waals surface area contributed by atoms with Gasteiger partial charge in [-0.05, 0) is 25.3 Å². The number of hydrogen-bond donors (Lipinski definition) is 3. The normalized spacial score (nSPS) is 9.31. The Labute approximate surface area is 78.7 Å². The van der Waals surface area contributed by atoms with Gasteiger partial charge < -0.3 is 11.1 Å². The molecule has 0 saturated carbocycles. The van der Waals surface area contributed by atoms with Crippen molar-refractivity contribution in [3.8, 4) is 0 Å². The highest BCUT2D eigenvalue weighted by molar-refractivity contribution is 5.93. The maximum atomic E-state index is 11.1. The number of Topliss-reactive ketones (excluding diaryl/α,β-unsaturated/α-hetero) is 1.